The summed E-state index contributed by atoms with van der Waals surface area (Å²) in [5.74, 6) is -1.93. The number of aliphatic hydroxyl groups excluding tert-OH is 1. The number of nitriles is 1. The Balaban J connectivity index is 2.16. The van der Waals surface area contributed by atoms with Gasteiger partial charge in [0.25, 0.3) is 5.91 Å². The molecule has 6 heteroatoms. The average molecular weight is 362 g/mol. The summed E-state index contributed by atoms with van der Waals surface area (Å²) in [6.07, 6.45) is 0. The van der Waals surface area contributed by atoms with Gasteiger partial charge in [-0.05, 0) is 42.0 Å². The average Bonchev–Trinajstić information content (AvgIpc) is 2.93. The lowest BCUT2D eigenvalue weighted by Gasteiger charge is -2.27. The maximum absolute atomic E-state index is 12.8. The molecule has 136 valence electrons. The molecule has 6 nitrogen and oxygen atoms in total. The second kappa shape index (κ2) is 6.96. The van der Waals surface area contributed by atoms with Gasteiger partial charge in [-0.3, -0.25) is 14.5 Å². The summed E-state index contributed by atoms with van der Waals surface area (Å²) in [5, 5.41) is 29.0. The highest BCUT2D eigenvalue weighted by Gasteiger charge is 2.44. The zero-order chi connectivity index (χ0) is 19.7. The number of ketones is 1. The fourth-order valence-corrected chi connectivity index (χ4v) is 3.10. The third-order valence-electron chi connectivity index (χ3n) is 4.48. The van der Waals surface area contributed by atoms with E-state index >= 15 is 0 Å². The minimum absolute atomic E-state index is 0.0325. The van der Waals surface area contributed by atoms with E-state index in [0.29, 0.717) is 16.8 Å². The first kappa shape index (κ1) is 18.2. The lowest BCUT2D eigenvalue weighted by Crippen LogP contribution is -2.31. The molecule has 0 saturated heterocycles. The van der Waals surface area contributed by atoms with Crippen molar-refractivity contribution in [3.63, 3.8) is 0 Å². The van der Waals surface area contributed by atoms with Gasteiger partial charge < -0.3 is 10.2 Å². The molecule has 27 heavy (non-hydrogen) atoms. The van der Waals surface area contributed by atoms with Gasteiger partial charge in [0.1, 0.15) is 5.75 Å². The van der Waals surface area contributed by atoms with E-state index in [1.54, 1.807) is 50.2 Å². The maximum Gasteiger partial charge on any atom is 0.294 e. The van der Waals surface area contributed by atoms with Crippen LogP contribution in [0.15, 0.2) is 59.9 Å². The predicted octanol–water partition coefficient (Wildman–Crippen LogP) is 3.39. The molecule has 1 aliphatic rings. The summed E-state index contributed by atoms with van der Waals surface area (Å²) in [6.45, 7) is 3.40. The number of aliphatic hydroxyl groups is 1. The number of amides is 1. The molecule has 0 bridgehead atoms. The van der Waals surface area contributed by atoms with Crippen molar-refractivity contribution in [3.05, 3.63) is 71.0 Å². The fraction of sp³-hybridized carbons (Fsp3) is 0.190. The summed E-state index contributed by atoms with van der Waals surface area (Å²) >= 11 is 0. The first-order valence-corrected chi connectivity index (χ1v) is 8.45. The van der Waals surface area contributed by atoms with Crippen LogP contribution in [0.2, 0.25) is 0 Å². The minimum atomic E-state index is -0.819. The molecule has 1 amide bonds. The number of phenols is 1. The fourth-order valence-electron chi connectivity index (χ4n) is 3.10. The molecule has 0 aliphatic carbocycles. The summed E-state index contributed by atoms with van der Waals surface area (Å²) in [5.41, 5.74) is 1.50. The first-order valence-electron chi connectivity index (χ1n) is 8.45. The van der Waals surface area contributed by atoms with Gasteiger partial charge >= 0.3 is 0 Å². The summed E-state index contributed by atoms with van der Waals surface area (Å²) in [6, 6.07) is 13.7. The number of hydrogen-bond acceptors (Lipinski definition) is 5. The Morgan fingerprint density at radius 1 is 1.07 bits per heavy atom. The number of carbonyl (C=O) groups excluding carboxylic acids is 2. The number of aromatic hydroxyl groups is 1. The third-order valence-corrected chi connectivity index (χ3v) is 4.48. The highest BCUT2D eigenvalue weighted by atomic mass is 16.3. The van der Waals surface area contributed by atoms with E-state index in [2.05, 4.69) is 0 Å². The van der Waals surface area contributed by atoms with Crippen molar-refractivity contribution in [3.8, 4) is 11.8 Å². The zero-order valence-corrected chi connectivity index (χ0v) is 14.9. The van der Waals surface area contributed by atoms with Crippen molar-refractivity contribution in [2.75, 3.05) is 4.90 Å². The Morgan fingerprint density at radius 3 is 2.19 bits per heavy atom. The number of phenolic OH excluding ortho intramolecular Hbond substituents is 1. The van der Waals surface area contributed by atoms with Crippen LogP contribution in [0.25, 0.3) is 0 Å². The van der Waals surface area contributed by atoms with Crippen LogP contribution in [0.5, 0.6) is 5.75 Å². The van der Waals surface area contributed by atoms with Gasteiger partial charge in [-0.15, -0.1) is 0 Å². The van der Waals surface area contributed by atoms with Crippen LogP contribution in [0.4, 0.5) is 5.69 Å². The molecule has 0 radical (unpaired) electrons. The van der Waals surface area contributed by atoms with E-state index in [9.17, 15) is 19.8 Å². The van der Waals surface area contributed by atoms with Crippen molar-refractivity contribution >= 4 is 17.4 Å². The Kier molecular flexibility index (Phi) is 4.70. The van der Waals surface area contributed by atoms with Crippen molar-refractivity contribution in [2.24, 2.45) is 5.92 Å². The van der Waals surface area contributed by atoms with Crippen molar-refractivity contribution in [2.45, 2.75) is 19.9 Å². The molecular formula is C21H18N2O4. The molecule has 1 aliphatic heterocycles. The second-order valence-corrected chi connectivity index (χ2v) is 6.61. The monoisotopic (exact) mass is 362 g/mol. The first-order chi connectivity index (χ1) is 12.8. The molecule has 2 aromatic rings. The number of hydrogen-bond donors (Lipinski definition) is 2. The Hall–Kier alpha value is -3.59. The molecule has 0 fully saturated rings. The van der Waals surface area contributed by atoms with Crippen LogP contribution in [0.1, 0.15) is 31.0 Å². The highest BCUT2D eigenvalue weighted by molar-refractivity contribution is 6.16. The van der Waals surface area contributed by atoms with Crippen molar-refractivity contribution in [1.82, 2.24) is 0 Å². The van der Waals surface area contributed by atoms with Gasteiger partial charge in [0, 0.05) is 11.6 Å². The topological polar surface area (TPSA) is 102 Å². The number of carbonyl (C=O) groups is 2. The smallest absolute Gasteiger partial charge is 0.294 e. The Morgan fingerprint density at radius 2 is 1.67 bits per heavy atom. The predicted molar refractivity (Wildman–Crippen MR) is 99.0 cm³/mol. The van der Waals surface area contributed by atoms with E-state index < -0.39 is 23.6 Å². The Bertz CT molecular complexity index is 967. The highest BCUT2D eigenvalue weighted by Crippen LogP contribution is 2.42. The van der Waals surface area contributed by atoms with E-state index in [1.165, 1.54) is 17.0 Å². The quantitative estimate of drug-likeness (QED) is 0.868. The summed E-state index contributed by atoms with van der Waals surface area (Å²) in [7, 11) is 0. The largest absolute Gasteiger partial charge is 0.508 e. The zero-order valence-electron chi connectivity index (χ0n) is 14.9. The summed E-state index contributed by atoms with van der Waals surface area (Å²) < 4.78 is 0. The number of rotatable bonds is 4. The maximum atomic E-state index is 12.8. The van der Waals surface area contributed by atoms with Crippen LogP contribution in [-0.2, 0) is 9.59 Å². The summed E-state index contributed by atoms with van der Waals surface area (Å²) in [4.78, 5) is 26.9. The van der Waals surface area contributed by atoms with Gasteiger partial charge in [-0.1, -0.05) is 26.0 Å². The molecule has 2 N–H and O–H groups in total. The molecule has 0 spiro atoms. The molecule has 0 saturated carbocycles. The molecule has 0 aromatic heterocycles. The van der Waals surface area contributed by atoms with Crippen LogP contribution >= 0.6 is 0 Å². The second-order valence-electron chi connectivity index (χ2n) is 6.61. The van der Waals surface area contributed by atoms with Gasteiger partial charge in [0.05, 0.1) is 23.2 Å². The molecular weight excluding hydrogens is 344 g/mol. The molecule has 3 rings (SSSR count). The van der Waals surface area contributed by atoms with Crippen LogP contribution in [0, 0.1) is 17.2 Å². The standard InChI is InChI=1S/C21H18N2O4/c1-12(2)19(25)17-18(14-5-9-16(24)10-6-14)23(21(27)20(17)26)15-7-3-13(11-22)4-8-15/h3-10,12,18,24,26H,1-2H3. The van der Waals surface area contributed by atoms with Gasteiger partial charge in [-0.25, -0.2) is 0 Å². The van der Waals surface area contributed by atoms with E-state index in [1.807, 2.05) is 6.07 Å². The van der Waals surface area contributed by atoms with E-state index in [4.69, 9.17) is 5.26 Å². The Labute approximate surface area is 156 Å². The third kappa shape index (κ3) is 3.15. The molecule has 1 atom stereocenters. The molecule has 2 aromatic carbocycles. The SMILES string of the molecule is CC(C)C(=O)C1=C(O)C(=O)N(c2ccc(C#N)cc2)C1c1ccc(O)cc1. The van der Waals surface area contributed by atoms with Gasteiger partial charge in [-0.2, -0.15) is 5.26 Å². The van der Waals surface area contributed by atoms with Gasteiger partial charge in [0.15, 0.2) is 11.5 Å². The van der Waals surface area contributed by atoms with Crippen molar-refractivity contribution < 1.29 is 19.8 Å². The normalized spacial score (nSPS) is 16.7. The molecule has 1 unspecified atom stereocenters. The lowest BCUT2D eigenvalue weighted by molar-refractivity contribution is -0.119. The number of nitrogens with zero attached hydrogens (tertiary/aromatic N) is 2. The molecule has 1 heterocycles. The number of Topliss-reactive ketones (excluding diaryl/α,β-unsaturated/α-hetero) is 1. The van der Waals surface area contributed by atoms with E-state index in [-0.39, 0.29) is 17.1 Å². The van der Waals surface area contributed by atoms with Gasteiger partial charge in [0.2, 0.25) is 0 Å². The lowest BCUT2D eigenvalue weighted by atomic mass is 9.91. The number of benzene rings is 2. The minimum Gasteiger partial charge on any atom is -0.508 e. The number of anilines is 1. The van der Waals surface area contributed by atoms with Crippen LogP contribution in [-0.4, -0.2) is 21.9 Å². The van der Waals surface area contributed by atoms with Crippen LogP contribution < -0.4 is 4.90 Å². The van der Waals surface area contributed by atoms with E-state index in [0.717, 1.165) is 0 Å². The van der Waals surface area contributed by atoms with Crippen LogP contribution in [0.3, 0.4) is 0 Å². The van der Waals surface area contributed by atoms with Crippen molar-refractivity contribution in [1.29, 1.82) is 5.26 Å².